The Kier molecular flexibility index (Phi) is 6.63. The van der Waals surface area contributed by atoms with Crippen LogP contribution in [0.4, 0.5) is 5.69 Å². The maximum absolute atomic E-state index is 13.9. The molecule has 8 heteroatoms. The van der Waals surface area contributed by atoms with Crippen LogP contribution < -0.4 is 10.6 Å². The van der Waals surface area contributed by atoms with Gasteiger partial charge in [-0.15, -0.1) is 0 Å². The molecule has 0 radical (unpaired) electrons. The van der Waals surface area contributed by atoms with E-state index in [4.69, 9.17) is 0 Å². The van der Waals surface area contributed by atoms with Gasteiger partial charge in [0.1, 0.15) is 0 Å². The number of hydrogen-bond acceptors (Lipinski definition) is 5. The van der Waals surface area contributed by atoms with Crippen molar-refractivity contribution in [2.45, 2.75) is 80.6 Å². The number of anilines is 1. The van der Waals surface area contributed by atoms with Crippen LogP contribution in [0.25, 0.3) is 0 Å². The minimum absolute atomic E-state index is 0.137. The highest BCUT2D eigenvalue weighted by atomic mass is 32.2. The largest absolute Gasteiger partial charge is 0.382 e. The maximum atomic E-state index is 13.9. The molecular formula is C27H36N4O3S. The summed E-state index contributed by atoms with van der Waals surface area (Å²) < 4.78 is 26.9. The second-order valence-electron chi connectivity index (χ2n) is 10.5. The molecule has 1 amide bonds. The molecule has 2 saturated heterocycles. The first-order chi connectivity index (χ1) is 16.8. The molecule has 2 aromatic carbocycles. The van der Waals surface area contributed by atoms with Gasteiger partial charge in [-0.25, -0.2) is 12.7 Å². The van der Waals surface area contributed by atoms with Crippen LogP contribution in [0.1, 0.15) is 67.3 Å². The lowest BCUT2D eigenvalue weighted by molar-refractivity contribution is 0.0185. The first-order valence-electron chi connectivity index (χ1n) is 12.7. The smallest absolute Gasteiger partial charge is 0.254 e. The van der Waals surface area contributed by atoms with Crippen molar-refractivity contribution in [1.29, 1.82) is 0 Å². The van der Waals surface area contributed by atoms with Gasteiger partial charge >= 0.3 is 0 Å². The number of nitrogens with zero attached hydrogens (tertiary/aromatic N) is 2. The predicted octanol–water partition coefficient (Wildman–Crippen LogP) is 4.18. The Labute approximate surface area is 208 Å². The number of rotatable bonds is 8. The molecule has 2 unspecified atom stereocenters. The number of carbonyl (C=O) groups is 1. The summed E-state index contributed by atoms with van der Waals surface area (Å²) in [7, 11) is -0.630. The van der Waals surface area contributed by atoms with Crippen molar-refractivity contribution in [2.24, 2.45) is 0 Å². The van der Waals surface area contributed by atoms with Crippen molar-refractivity contribution in [1.82, 2.24) is 14.5 Å². The van der Waals surface area contributed by atoms with Gasteiger partial charge in [-0.1, -0.05) is 30.3 Å². The molecule has 7 nitrogen and oxygen atoms in total. The Morgan fingerprint density at radius 2 is 1.80 bits per heavy atom. The first kappa shape index (κ1) is 24.3. The summed E-state index contributed by atoms with van der Waals surface area (Å²) in [5, 5.41) is 6.89. The minimum Gasteiger partial charge on any atom is -0.382 e. The lowest BCUT2D eigenvalue weighted by Crippen LogP contribution is -2.60. The molecule has 3 aliphatic rings. The van der Waals surface area contributed by atoms with Crippen LogP contribution in [0.15, 0.2) is 53.4 Å². The molecule has 3 fully saturated rings. The summed E-state index contributed by atoms with van der Waals surface area (Å²) in [6.45, 7) is 0.800. The number of amides is 1. The van der Waals surface area contributed by atoms with Crippen molar-refractivity contribution in [3.05, 3.63) is 59.7 Å². The zero-order valence-electron chi connectivity index (χ0n) is 20.7. The fourth-order valence-electron chi connectivity index (χ4n) is 5.77. The Hall–Kier alpha value is -2.42. The van der Waals surface area contributed by atoms with Gasteiger partial charge in [-0.3, -0.25) is 9.69 Å². The van der Waals surface area contributed by atoms with Gasteiger partial charge in [0.15, 0.2) is 0 Å². The Balaban J connectivity index is 1.46. The summed E-state index contributed by atoms with van der Waals surface area (Å²) in [6, 6.07) is 16.1. The van der Waals surface area contributed by atoms with E-state index in [-0.39, 0.29) is 10.8 Å². The summed E-state index contributed by atoms with van der Waals surface area (Å²) >= 11 is 0. The number of nitrogens with one attached hydrogen (secondary N) is 2. The molecule has 188 valence electrons. The second kappa shape index (κ2) is 9.56. The van der Waals surface area contributed by atoms with Crippen LogP contribution in [0.2, 0.25) is 0 Å². The number of fused-ring (bicyclic) bond motifs is 2. The van der Waals surface area contributed by atoms with Crippen LogP contribution in [-0.2, 0) is 16.6 Å². The van der Waals surface area contributed by atoms with Crippen molar-refractivity contribution < 1.29 is 13.2 Å². The number of piperidine rings is 1. The molecule has 2 N–H and O–H groups in total. The third kappa shape index (κ3) is 4.71. The van der Waals surface area contributed by atoms with Gasteiger partial charge in [-0.2, -0.15) is 0 Å². The fourth-order valence-corrected chi connectivity index (χ4v) is 6.70. The number of sulfonamides is 1. The molecule has 2 bridgehead atoms. The van der Waals surface area contributed by atoms with E-state index < -0.39 is 15.7 Å². The van der Waals surface area contributed by atoms with E-state index in [2.05, 4.69) is 39.8 Å². The zero-order chi connectivity index (χ0) is 24.6. The highest BCUT2D eigenvalue weighted by Gasteiger charge is 2.49. The van der Waals surface area contributed by atoms with Gasteiger partial charge < -0.3 is 10.6 Å². The summed E-state index contributed by atoms with van der Waals surface area (Å²) in [5.41, 5.74) is 1.95. The zero-order valence-corrected chi connectivity index (χ0v) is 21.5. The summed E-state index contributed by atoms with van der Waals surface area (Å²) in [6.07, 6.45) is 8.42. The monoisotopic (exact) mass is 496 g/mol. The fraction of sp³-hybridized carbons (Fsp3) is 0.519. The lowest BCUT2D eigenvalue weighted by Gasteiger charge is -2.45. The van der Waals surface area contributed by atoms with E-state index in [9.17, 15) is 13.2 Å². The SMILES string of the molecule is CN(C)S(=O)(=O)c1ccc(NC2CCC2)c(C(=O)NC23CCCC(CC2)N3Cc2ccccc2)c1. The van der Waals surface area contributed by atoms with Crippen molar-refractivity contribution in [2.75, 3.05) is 19.4 Å². The van der Waals surface area contributed by atoms with E-state index in [0.717, 1.165) is 51.5 Å². The number of benzene rings is 2. The molecular weight excluding hydrogens is 460 g/mol. The Morgan fingerprint density at radius 3 is 2.49 bits per heavy atom. The van der Waals surface area contributed by atoms with Gasteiger partial charge in [0, 0.05) is 38.4 Å². The molecule has 2 aromatic rings. The van der Waals surface area contributed by atoms with Gasteiger partial charge in [0.05, 0.1) is 16.1 Å². The van der Waals surface area contributed by atoms with E-state index in [0.29, 0.717) is 23.3 Å². The summed E-state index contributed by atoms with van der Waals surface area (Å²) in [5.74, 6) is -0.205. The molecule has 5 rings (SSSR count). The first-order valence-corrected chi connectivity index (χ1v) is 14.2. The number of hydrogen-bond donors (Lipinski definition) is 2. The highest BCUT2D eigenvalue weighted by molar-refractivity contribution is 7.89. The third-order valence-electron chi connectivity index (χ3n) is 8.03. The predicted molar refractivity (Wildman–Crippen MR) is 138 cm³/mol. The maximum Gasteiger partial charge on any atom is 0.254 e. The van der Waals surface area contributed by atoms with E-state index >= 15 is 0 Å². The molecule has 0 aromatic heterocycles. The molecule has 2 atom stereocenters. The van der Waals surface area contributed by atoms with Crippen molar-refractivity contribution in [3.8, 4) is 0 Å². The van der Waals surface area contributed by atoms with Crippen molar-refractivity contribution in [3.63, 3.8) is 0 Å². The van der Waals surface area contributed by atoms with Crippen LogP contribution in [0, 0.1) is 0 Å². The van der Waals surface area contributed by atoms with E-state index in [1.807, 2.05) is 6.07 Å². The normalized spacial score (nSPS) is 24.8. The Morgan fingerprint density at radius 1 is 1.03 bits per heavy atom. The number of carbonyl (C=O) groups excluding carboxylic acids is 1. The quantitative estimate of drug-likeness (QED) is 0.573. The average molecular weight is 497 g/mol. The topological polar surface area (TPSA) is 81.8 Å². The van der Waals surface area contributed by atoms with Crippen LogP contribution >= 0.6 is 0 Å². The molecule has 1 aliphatic carbocycles. The summed E-state index contributed by atoms with van der Waals surface area (Å²) in [4.78, 5) is 16.5. The Bertz CT molecular complexity index is 1180. The van der Waals surface area contributed by atoms with Gasteiger partial charge in [-0.05, 0) is 75.1 Å². The molecule has 35 heavy (non-hydrogen) atoms. The van der Waals surface area contributed by atoms with Crippen LogP contribution in [0.5, 0.6) is 0 Å². The standard InChI is InChI=1S/C27H36N4O3S/c1-30(2)35(33,34)23-13-14-25(28-21-10-6-11-21)24(18-23)26(32)29-27-16-7-12-22(15-17-27)31(27)19-20-8-4-3-5-9-20/h3-5,8-9,13-14,18,21-22,28H,6-7,10-12,15-17,19H2,1-2H3,(H,29,32). The van der Waals surface area contributed by atoms with E-state index in [1.54, 1.807) is 18.2 Å². The molecule has 1 saturated carbocycles. The van der Waals surface area contributed by atoms with Crippen molar-refractivity contribution >= 4 is 21.6 Å². The minimum atomic E-state index is -3.65. The average Bonchev–Trinajstić information content (AvgIpc) is 2.99. The van der Waals surface area contributed by atoms with Crippen LogP contribution in [0.3, 0.4) is 0 Å². The van der Waals surface area contributed by atoms with Crippen LogP contribution in [-0.4, -0.2) is 55.4 Å². The molecule has 2 aliphatic heterocycles. The molecule has 2 heterocycles. The van der Waals surface area contributed by atoms with Gasteiger partial charge in [0.2, 0.25) is 10.0 Å². The third-order valence-corrected chi connectivity index (χ3v) is 9.84. The van der Waals surface area contributed by atoms with Gasteiger partial charge in [0.25, 0.3) is 5.91 Å². The molecule has 0 spiro atoms. The lowest BCUT2D eigenvalue weighted by atomic mass is 9.92. The second-order valence-corrected chi connectivity index (χ2v) is 12.6. The van der Waals surface area contributed by atoms with E-state index in [1.165, 1.54) is 30.4 Å². The highest BCUT2D eigenvalue weighted by Crippen LogP contribution is 2.43.